The van der Waals surface area contributed by atoms with E-state index in [4.69, 9.17) is 4.52 Å². The molecule has 0 saturated heterocycles. The van der Waals surface area contributed by atoms with Crippen molar-refractivity contribution in [2.45, 2.75) is 39.4 Å². The number of aromatic nitrogens is 3. The number of fused-ring (bicyclic) bond motifs is 1. The molecule has 0 fully saturated rings. The van der Waals surface area contributed by atoms with Gasteiger partial charge >= 0.3 is 6.18 Å². The fraction of sp³-hybridized carbons (Fsp3) is 0.333. The first-order valence-electron chi connectivity index (χ1n) is 8.46. The third-order valence-corrected chi connectivity index (χ3v) is 4.35. The number of hydrogen-bond acceptors (Lipinski definition) is 5. The Kier molecular flexibility index (Phi) is 4.97. The van der Waals surface area contributed by atoms with Gasteiger partial charge in [-0.3, -0.25) is 14.2 Å². The predicted molar refractivity (Wildman–Crippen MR) is 94.9 cm³/mol. The molecule has 3 aromatic rings. The Hall–Kier alpha value is -3.17. The zero-order valence-electron chi connectivity index (χ0n) is 15.3. The number of halogens is 3. The lowest BCUT2D eigenvalue weighted by Gasteiger charge is -2.20. The number of rotatable bonds is 4. The van der Waals surface area contributed by atoms with E-state index in [2.05, 4.69) is 15.5 Å². The van der Waals surface area contributed by atoms with Crippen LogP contribution in [0.1, 0.15) is 36.5 Å². The number of carbonyl (C=O) groups is 1. The number of nitrogens with zero attached hydrogens (tertiary/aromatic N) is 3. The highest BCUT2D eigenvalue weighted by molar-refractivity contribution is 5.94. The van der Waals surface area contributed by atoms with Crippen molar-refractivity contribution in [2.24, 2.45) is 0 Å². The molecule has 1 unspecified atom stereocenters. The highest BCUT2D eigenvalue weighted by Gasteiger charge is 2.31. The summed E-state index contributed by atoms with van der Waals surface area (Å²) in [5.74, 6) is -0.387. The molecule has 148 valence electrons. The Balaban J connectivity index is 1.98. The van der Waals surface area contributed by atoms with Crippen LogP contribution in [0.3, 0.4) is 0 Å². The van der Waals surface area contributed by atoms with E-state index in [1.165, 1.54) is 16.7 Å². The minimum atomic E-state index is -4.53. The number of benzene rings is 1. The summed E-state index contributed by atoms with van der Waals surface area (Å²) in [6.45, 7) is 4.81. The number of anilines is 1. The normalized spacial score (nSPS) is 12.9. The molecule has 3 rings (SSSR count). The maximum Gasteiger partial charge on any atom is 0.416 e. The zero-order valence-corrected chi connectivity index (χ0v) is 15.3. The van der Waals surface area contributed by atoms with Gasteiger partial charge in [-0.05, 0) is 38.5 Å². The van der Waals surface area contributed by atoms with E-state index in [1.807, 2.05) is 0 Å². The van der Waals surface area contributed by atoms with Crippen molar-refractivity contribution >= 4 is 22.7 Å². The van der Waals surface area contributed by atoms with Gasteiger partial charge in [-0.2, -0.15) is 18.2 Å². The SMILES string of the molecule is CCC(C(=O)Nc1cccc(C(F)(F)F)c1)n1c(C)nc2onc(C)c2c1=O. The second kappa shape index (κ2) is 7.10. The van der Waals surface area contributed by atoms with Crippen LogP contribution in [0.25, 0.3) is 11.1 Å². The fourth-order valence-corrected chi connectivity index (χ4v) is 3.00. The number of nitrogens with one attached hydrogen (secondary N) is 1. The molecule has 0 saturated carbocycles. The van der Waals surface area contributed by atoms with Crippen LogP contribution in [-0.4, -0.2) is 20.6 Å². The van der Waals surface area contributed by atoms with Crippen LogP contribution in [0.2, 0.25) is 0 Å². The van der Waals surface area contributed by atoms with Crippen molar-refractivity contribution in [3.8, 4) is 0 Å². The van der Waals surface area contributed by atoms with E-state index in [-0.39, 0.29) is 29.0 Å². The molecule has 0 spiro atoms. The van der Waals surface area contributed by atoms with Gasteiger partial charge in [-0.1, -0.05) is 18.1 Å². The monoisotopic (exact) mass is 394 g/mol. The summed E-state index contributed by atoms with van der Waals surface area (Å²) in [6, 6.07) is 3.33. The second-order valence-electron chi connectivity index (χ2n) is 6.27. The first-order chi connectivity index (χ1) is 13.1. The van der Waals surface area contributed by atoms with Crippen molar-refractivity contribution in [2.75, 3.05) is 5.32 Å². The Labute approximate surface area is 157 Å². The smallest absolute Gasteiger partial charge is 0.335 e. The molecular weight excluding hydrogens is 377 g/mol. The average Bonchev–Trinajstić information content (AvgIpc) is 2.98. The topological polar surface area (TPSA) is 90.0 Å². The molecule has 10 heteroatoms. The molecule has 1 aromatic carbocycles. The Morgan fingerprint density at radius 2 is 2.04 bits per heavy atom. The summed E-state index contributed by atoms with van der Waals surface area (Å²) in [7, 11) is 0. The molecule has 0 aliphatic rings. The summed E-state index contributed by atoms with van der Waals surface area (Å²) in [5, 5.41) is 6.32. The summed E-state index contributed by atoms with van der Waals surface area (Å²) in [4.78, 5) is 29.8. The van der Waals surface area contributed by atoms with Crippen molar-refractivity contribution in [3.63, 3.8) is 0 Å². The van der Waals surface area contributed by atoms with Gasteiger partial charge in [0.2, 0.25) is 5.91 Å². The van der Waals surface area contributed by atoms with Crippen molar-refractivity contribution in [1.82, 2.24) is 14.7 Å². The quantitative estimate of drug-likeness (QED) is 0.730. The summed E-state index contributed by atoms with van der Waals surface area (Å²) in [6.07, 6.45) is -4.30. The minimum Gasteiger partial charge on any atom is -0.335 e. The molecule has 0 bridgehead atoms. The van der Waals surface area contributed by atoms with Gasteiger partial charge in [0.05, 0.1) is 11.3 Å². The highest BCUT2D eigenvalue weighted by Crippen LogP contribution is 2.31. The standard InChI is InChI=1S/C18H17F3N4O3/c1-4-13(15(26)23-12-7-5-6-11(8-12)18(19,20)21)25-10(3)22-16-14(17(25)27)9(2)24-28-16/h5-8,13H,4H2,1-3H3,(H,23,26). The van der Waals surface area contributed by atoms with Crippen LogP contribution in [0.15, 0.2) is 33.6 Å². The van der Waals surface area contributed by atoms with Crippen molar-refractivity contribution in [3.05, 3.63) is 51.7 Å². The third-order valence-electron chi connectivity index (χ3n) is 4.35. The maximum atomic E-state index is 12.9. The zero-order chi connectivity index (χ0) is 20.6. The van der Waals surface area contributed by atoms with Crippen LogP contribution in [-0.2, 0) is 11.0 Å². The third kappa shape index (κ3) is 3.49. The molecule has 1 amide bonds. The number of aryl methyl sites for hydroxylation is 2. The summed E-state index contributed by atoms with van der Waals surface area (Å²) in [5.41, 5.74) is -0.972. The Morgan fingerprint density at radius 1 is 1.32 bits per heavy atom. The van der Waals surface area contributed by atoms with Crippen LogP contribution in [0.5, 0.6) is 0 Å². The van der Waals surface area contributed by atoms with E-state index in [0.717, 1.165) is 12.1 Å². The van der Waals surface area contributed by atoms with Gasteiger partial charge in [0, 0.05) is 5.69 Å². The molecule has 7 nitrogen and oxygen atoms in total. The minimum absolute atomic E-state index is 0.0147. The van der Waals surface area contributed by atoms with Gasteiger partial charge in [0.15, 0.2) is 0 Å². The predicted octanol–water partition coefficient (Wildman–Crippen LogP) is 3.61. The van der Waals surface area contributed by atoms with Crippen molar-refractivity contribution in [1.29, 1.82) is 0 Å². The molecule has 1 N–H and O–H groups in total. The summed E-state index contributed by atoms with van der Waals surface area (Å²) >= 11 is 0. The second-order valence-corrected chi connectivity index (χ2v) is 6.27. The fourth-order valence-electron chi connectivity index (χ4n) is 3.00. The van der Waals surface area contributed by atoms with Gasteiger partial charge in [0.25, 0.3) is 11.3 Å². The Bertz CT molecular complexity index is 1100. The molecule has 2 heterocycles. The maximum absolute atomic E-state index is 12.9. The van der Waals surface area contributed by atoms with Gasteiger partial charge in [-0.15, -0.1) is 0 Å². The molecular formula is C18H17F3N4O3. The Morgan fingerprint density at radius 3 is 2.68 bits per heavy atom. The van der Waals surface area contributed by atoms with Gasteiger partial charge in [-0.25, -0.2) is 0 Å². The molecule has 0 aliphatic carbocycles. The highest BCUT2D eigenvalue weighted by atomic mass is 19.4. The largest absolute Gasteiger partial charge is 0.416 e. The van der Waals surface area contributed by atoms with E-state index in [1.54, 1.807) is 20.8 Å². The lowest BCUT2D eigenvalue weighted by Crippen LogP contribution is -2.35. The lowest BCUT2D eigenvalue weighted by molar-refractivity contribution is -0.137. The van der Waals surface area contributed by atoms with Crippen molar-refractivity contribution < 1.29 is 22.5 Å². The van der Waals surface area contributed by atoms with E-state index in [9.17, 15) is 22.8 Å². The average molecular weight is 394 g/mol. The van der Waals surface area contributed by atoms with Crippen LogP contribution in [0.4, 0.5) is 18.9 Å². The molecule has 28 heavy (non-hydrogen) atoms. The first-order valence-corrected chi connectivity index (χ1v) is 8.46. The lowest BCUT2D eigenvalue weighted by atomic mass is 10.1. The molecule has 0 aliphatic heterocycles. The van der Waals surface area contributed by atoms with E-state index in [0.29, 0.717) is 5.69 Å². The number of amides is 1. The van der Waals surface area contributed by atoms with E-state index < -0.39 is 29.2 Å². The molecule has 2 aromatic heterocycles. The van der Waals surface area contributed by atoms with Gasteiger partial charge in [0.1, 0.15) is 17.3 Å². The van der Waals surface area contributed by atoms with E-state index >= 15 is 0 Å². The number of alkyl halides is 3. The van der Waals surface area contributed by atoms with Crippen LogP contribution < -0.4 is 10.9 Å². The molecule has 0 radical (unpaired) electrons. The van der Waals surface area contributed by atoms with Crippen LogP contribution in [0, 0.1) is 13.8 Å². The molecule has 1 atom stereocenters. The first kappa shape index (κ1) is 19.6. The van der Waals surface area contributed by atoms with Crippen LogP contribution >= 0.6 is 0 Å². The van der Waals surface area contributed by atoms with Gasteiger partial charge < -0.3 is 9.84 Å². The summed E-state index contributed by atoms with van der Waals surface area (Å²) < 4.78 is 44.8. The number of carbonyl (C=O) groups excluding carboxylic acids is 1. The number of hydrogen-bond donors (Lipinski definition) is 1.